The summed E-state index contributed by atoms with van der Waals surface area (Å²) in [4.78, 5) is 0. The Morgan fingerprint density at radius 2 is 2.05 bits per heavy atom. The standard InChI is InChI=1S/C14H15BN2O3/c1-2-3-6-20-14-5-4-13(15(18)19)8-12(14)7-11(9-16)10-17/h4-5,7-8,18-19H,2-3,6H2,1H3. The number of nitrogens with zero attached hydrogens (tertiary/aromatic N) is 2. The van der Waals surface area contributed by atoms with Crippen molar-refractivity contribution in [2.45, 2.75) is 19.8 Å². The van der Waals surface area contributed by atoms with Crippen LogP contribution in [0.25, 0.3) is 6.08 Å². The van der Waals surface area contributed by atoms with Gasteiger partial charge in [0.25, 0.3) is 0 Å². The summed E-state index contributed by atoms with van der Waals surface area (Å²) in [5, 5.41) is 35.9. The number of benzene rings is 1. The fraction of sp³-hybridized carbons (Fsp3) is 0.286. The van der Waals surface area contributed by atoms with Crippen LogP contribution < -0.4 is 10.2 Å². The van der Waals surface area contributed by atoms with Crippen LogP contribution in [0.5, 0.6) is 5.75 Å². The van der Waals surface area contributed by atoms with Crippen LogP contribution in [0.3, 0.4) is 0 Å². The molecule has 0 aliphatic heterocycles. The van der Waals surface area contributed by atoms with Gasteiger partial charge in [-0.05, 0) is 24.0 Å². The van der Waals surface area contributed by atoms with Crippen LogP contribution >= 0.6 is 0 Å². The van der Waals surface area contributed by atoms with E-state index < -0.39 is 7.12 Å². The average molecular weight is 270 g/mol. The Hall–Kier alpha value is -2.28. The first kappa shape index (κ1) is 15.8. The second-order valence-corrected chi connectivity index (χ2v) is 4.15. The van der Waals surface area contributed by atoms with Crippen molar-refractivity contribution in [3.05, 3.63) is 29.3 Å². The maximum Gasteiger partial charge on any atom is 0.488 e. The van der Waals surface area contributed by atoms with E-state index in [1.807, 2.05) is 6.92 Å². The first-order chi connectivity index (χ1) is 9.62. The summed E-state index contributed by atoms with van der Waals surface area (Å²) in [5.74, 6) is 0.505. The Morgan fingerprint density at radius 3 is 2.60 bits per heavy atom. The van der Waals surface area contributed by atoms with Gasteiger partial charge in [-0.25, -0.2) is 0 Å². The van der Waals surface area contributed by atoms with Gasteiger partial charge in [0.2, 0.25) is 0 Å². The molecule has 1 aromatic carbocycles. The number of allylic oxidation sites excluding steroid dienone is 1. The first-order valence-corrected chi connectivity index (χ1v) is 6.27. The zero-order valence-corrected chi connectivity index (χ0v) is 11.2. The molecule has 5 nitrogen and oxygen atoms in total. The maximum atomic E-state index is 9.17. The van der Waals surface area contributed by atoms with Gasteiger partial charge in [-0.1, -0.05) is 25.5 Å². The lowest BCUT2D eigenvalue weighted by molar-refractivity contribution is 0.309. The number of unbranched alkanes of at least 4 members (excludes halogenated alkanes) is 1. The molecular weight excluding hydrogens is 255 g/mol. The lowest BCUT2D eigenvalue weighted by Crippen LogP contribution is -2.29. The van der Waals surface area contributed by atoms with Gasteiger partial charge < -0.3 is 14.8 Å². The van der Waals surface area contributed by atoms with Crippen molar-refractivity contribution >= 4 is 18.7 Å². The lowest BCUT2D eigenvalue weighted by Gasteiger charge is -2.10. The molecule has 0 aliphatic rings. The molecule has 1 rings (SSSR count). The predicted molar refractivity (Wildman–Crippen MR) is 75.9 cm³/mol. The van der Waals surface area contributed by atoms with Gasteiger partial charge in [0.1, 0.15) is 23.5 Å². The van der Waals surface area contributed by atoms with Gasteiger partial charge in [-0.2, -0.15) is 10.5 Å². The molecule has 1 aromatic rings. The quantitative estimate of drug-likeness (QED) is 0.456. The normalized spacial score (nSPS) is 9.25. The summed E-state index contributed by atoms with van der Waals surface area (Å²) in [5.41, 5.74) is 0.675. The monoisotopic (exact) mass is 270 g/mol. The predicted octanol–water partition coefficient (Wildman–Crippen LogP) is 0.976. The van der Waals surface area contributed by atoms with Crippen molar-refractivity contribution in [2.24, 2.45) is 0 Å². The molecular formula is C14H15BN2O3. The van der Waals surface area contributed by atoms with Crippen LogP contribution in [0.15, 0.2) is 23.8 Å². The molecule has 0 bridgehead atoms. The Kier molecular flexibility index (Phi) is 6.32. The number of rotatable bonds is 6. The molecule has 0 aliphatic carbocycles. The van der Waals surface area contributed by atoms with E-state index in [0.29, 0.717) is 17.9 Å². The molecule has 0 saturated heterocycles. The van der Waals surface area contributed by atoms with Gasteiger partial charge in [-0.3, -0.25) is 0 Å². The van der Waals surface area contributed by atoms with Gasteiger partial charge in [0.05, 0.1) is 6.61 Å². The van der Waals surface area contributed by atoms with Crippen molar-refractivity contribution in [3.63, 3.8) is 0 Å². The largest absolute Gasteiger partial charge is 0.493 e. The molecule has 0 radical (unpaired) electrons. The molecule has 0 unspecified atom stereocenters. The Balaban J connectivity index is 3.14. The molecule has 20 heavy (non-hydrogen) atoms. The highest BCUT2D eigenvalue weighted by Crippen LogP contribution is 2.20. The van der Waals surface area contributed by atoms with E-state index in [0.717, 1.165) is 12.8 Å². The van der Waals surface area contributed by atoms with Crippen molar-refractivity contribution in [3.8, 4) is 17.9 Å². The van der Waals surface area contributed by atoms with Crippen LogP contribution in [-0.2, 0) is 0 Å². The third kappa shape index (κ3) is 4.44. The van der Waals surface area contributed by atoms with Crippen molar-refractivity contribution in [1.29, 1.82) is 10.5 Å². The average Bonchev–Trinajstić information content (AvgIpc) is 2.45. The van der Waals surface area contributed by atoms with Crippen molar-refractivity contribution < 1.29 is 14.8 Å². The number of nitriles is 2. The molecule has 0 saturated carbocycles. The van der Waals surface area contributed by atoms with Crippen LogP contribution in [0, 0.1) is 22.7 Å². The Morgan fingerprint density at radius 1 is 1.35 bits per heavy atom. The van der Waals surface area contributed by atoms with Crippen molar-refractivity contribution in [2.75, 3.05) is 6.61 Å². The number of hydrogen-bond acceptors (Lipinski definition) is 5. The summed E-state index contributed by atoms with van der Waals surface area (Å²) in [6.07, 6.45) is 3.24. The second-order valence-electron chi connectivity index (χ2n) is 4.15. The molecule has 0 spiro atoms. The van der Waals surface area contributed by atoms with E-state index in [2.05, 4.69) is 0 Å². The molecule has 102 valence electrons. The van der Waals surface area contributed by atoms with Gasteiger partial charge in [0, 0.05) is 5.56 Å². The summed E-state index contributed by atoms with van der Waals surface area (Å²) in [6, 6.07) is 8.14. The second kappa shape index (κ2) is 8.01. The first-order valence-electron chi connectivity index (χ1n) is 6.27. The van der Waals surface area contributed by atoms with E-state index >= 15 is 0 Å². The maximum absolute atomic E-state index is 9.17. The summed E-state index contributed by atoms with van der Waals surface area (Å²) in [7, 11) is -1.61. The van der Waals surface area contributed by atoms with E-state index in [1.165, 1.54) is 18.2 Å². The van der Waals surface area contributed by atoms with E-state index in [-0.39, 0.29) is 11.0 Å². The third-order valence-electron chi connectivity index (χ3n) is 2.63. The zero-order chi connectivity index (χ0) is 15.0. The van der Waals surface area contributed by atoms with Crippen LogP contribution in [-0.4, -0.2) is 23.8 Å². The van der Waals surface area contributed by atoms with Crippen LogP contribution in [0.2, 0.25) is 0 Å². The minimum Gasteiger partial charge on any atom is -0.493 e. The smallest absolute Gasteiger partial charge is 0.488 e. The SMILES string of the molecule is CCCCOc1ccc(B(O)O)cc1C=C(C#N)C#N. The van der Waals surface area contributed by atoms with Crippen LogP contribution in [0.4, 0.5) is 0 Å². The molecule has 0 heterocycles. The van der Waals surface area contributed by atoms with Gasteiger partial charge in [0.15, 0.2) is 0 Å². The summed E-state index contributed by atoms with van der Waals surface area (Å²) in [6.45, 7) is 2.56. The lowest BCUT2D eigenvalue weighted by atomic mass is 9.79. The van der Waals surface area contributed by atoms with Crippen LogP contribution in [0.1, 0.15) is 25.3 Å². The Labute approximate surface area is 118 Å². The topological polar surface area (TPSA) is 97.3 Å². The fourth-order valence-electron chi connectivity index (χ4n) is 1.54. The highest BCUT2D eigenvalue weighted by molar-refractivity contribution is 6.58. The Bertz CT molecular complexity index is 555. The highest BCUT2D eigenvalue weighted by atomic mass is 16.5. The minimum absolute atomic E-state index is 0.0741. The molecule has 0 fully saturated rings. The number of hydrogen-bond donors (Lipinski definition) is 2. The molecule has 0 atom stereocenters. The minimum atomic E-state index is -1.61. The third-order valence-corrected chi connectivity index (χ3v) is 2.63. The van der Waals surface area contributed by atoms with Gasteiger partial charge >= 0.3 is 7.12 Å². The number of ether oxygens (including phenoxy) is 1. The zero-order valence-electron chi connectivity index (χ0n) is 11.2. The summed E-state index contributed by atoms with van der Waals surface area (Å²) >= 11 is 0. The summed E-state index contributed by atoms with van der Waals surface area (Å²) < 4.78 is 5.58. The molecule has 0 aromatic heterocycles. The van der Waals surface area contributed by atoms with Gasteiger partial charge in [-0.15, -0.1) is 0 Å². The molecule has 0 amide bonds. The van der Waals surface area contributed by atoms with E-state index in [4.69, 9.17) is 25.3 Å². The van der Waals surface area contributed by atoms with Crippen molar-refractivity contribution in [1.82, 2.24) is 0 Å². The van der Waals surface area contributed by atoms with E-state index in [1.54, 1.807) is 18.2 Å². The fourth-order valence-corrected chi connectivity index (χ4v) is 1.54. The molecule has 6 heteroatoms. The molecule has 2 N–H and O–H groups in total. The van der Waals surface area contributed by atoms with E-state index in [9.17, 15) is 0 Å². The highest BCUT2D eigenvalue weighted by Gasteiger charge is 2.13.